The van der Waals surface area contributed by atoms with Gasteiger partial charge in [-0.3, -0.25) is 0 Å². The zero-order valence-electron chi connectivity index (χ0n) is 11.4. The molecule has 1 atom stereocenters. The zero-order valence-corrected chi connectivity index (χ0v) is 12.2. The second-order valence-electron chi connectivity index (χ2n) is 5.46. The van der Waals surface area contributed by atoms with Crippen molar-refractivity contribution < 1.29 is 9.90 Å². The molecular weight excluding hydrogens is 248 g/mol. The first kappa shape index (κ1) is 15.0. The summed E-state index contributed by atoms with van der Waals surface area (Å²) in [5, 5.41) is 15.2. The van der Waals surface area contributed by atoms with Gasteiger partial charge in [0, 0.05) is 16.3 Å². The van der Waals surface area contributed by atoms with Crippen molar-refractivity contribution in [3.05, 3.63) is 21.9 Å². The topological polar surface area (TPSA) is 61.4 Å². The number of hydrogen-bond acceptors (Lipinski definition) is 3. The van der Waals surface area contributed by atoms with E-state index in [0.29, 0.717) is 6.54 Å². The van der Waals surface area contributed by atoms with Gasteiger partial charge in [0.05, 0.1) is 12.6 Å². The molecule has 0 saturated carbocycles. The Morgan fingerprint density at radius 2 is 2.06 bits per heavy atom. The minimum Gasteiger partial charge on any atom is -0.391 e. The molecule has 2 amide bonds. The maximum atomic E-state index is 11.5. The van der Waals surface area contributed by atoms with Crippen LogP contribution < -0.4 is 10.6 Å². The number of aliphatic hydroxyl groups excluding tert-OH is 1. The van der Waals surface area contributed by atoms with Gasteiger partial charge in [0.15, 0.2) is 0 Å². The van der Waals surface area contributed by atoms with E-state index in [1.807, 2.05) is 39.8 Å². The van der Waals surface area contributed by atoms with Crippen LogP contribution in [0.5, 0.6) is 0 Å². The van der Waals surface area contributed by atoms with Gasteiger partial charge in [-0.25, -0.2) is 4.79 Å². The molecule has 0 aromatic carbocycles. The quantitative estimate of drug-likeness (QED) is 0.786. The second kappa shape index (κ2) is 6.20. The predicted molar refractivity (Wildman–Crippen MR) is 74.8 cm³/mol. The van der Waals surface area contributed by atoms with Crippen molar-refractivity contribution in [3.63, 3.8) is 0 Å². The van der Waals surface area contributed by atoms with E-state index in [-0.39, 0.29) is 18.0 Å². The van der Waals surface area contributed by atoms with E-state index < -0.39 is 6.10 Å². The van der Waals surface area contributed by atoms with Crippen LogP contribution in [0.2, 0.25) is 0 Å². The molecule has 0 aliphatic heterocycles. The van der Waals surface area contributed by atoms with Crippen molar-refractivity contribution in [1.29, 1.82) is 0 Å². The van der Waals surface area contributed by atoms with Crippen LogP contribution in [-0.4, -0.2) is 23.8 Å². The molecule has 0 radical (unpaired) electrons. The summed E-state index contributed by atoms with van der Waals surface area (Å²) < 4.78 is 0. The average molecular weight is 270 g/mol. The Morgan fingerprint density at radius 1 is 1.39 bits per heavy atom. The lowest BCUT2D eigenvalue weighted by Crippen LogP contribution is -2.43. The molecule has 1 rings (SSSR count). The number of aliphatic hydroxyl groups is 1. The van der Waals surface area contributed by atoms with Gasteiger partial charge < -0.3 is 15.7 Å². The highest BCUT2D eigenvalue weighted by Crippen LogP contribution is 2.18. The van der Waals surface area contributed by atoms with Crippen molar-refractivity contribution in [2.45, 2.75) is 40.3 Å². The third-order valence-electron chi connectivity index (χ3n) is 2.67. The average Bonchev–Trinajstić information content (AvgIpc) is 2.67. The lowest BCUT2D eigenvalue weighted by Gasteiger charge is -2.25. The number of nitrogens with one attached hydrogen (secondary N) is 2. The number of amides is 2. The van der Waals surface area contributed by atoms with Gasteiger partial charge in [0.1, 0.15) is 0 Å². The molecule has 0 bridgehead atoms. The summed E-state index contributed by atoms with van der Waals surface area (Å²) in [6, 6.07) is 3.79. The predicted octanol–water partition coefficient (Wildman–Crippen LogP) is 2.26. The van der Waals surface area contributed by atoms with Gasteiger partial charge in [-0.05, 0) is 24.5 Å². The van der Waals surface area contributed by atoms with E-state index in [4.69, 9.17) is 0 Å². The number of thiophene rings is 1. The fourth-order valence-electron chi connectivity index (χ4n) is 1.31. The number of carbonyl (C=O) groups is 1. The lowest BCUT2D eigenvalue weighted by atomic mass is 9.89. The first-order chi connectivity index (χ1) is 8.29. The standard InChI is InChI=1S/C13H22N2O2S/c1-9-5-6-10(18-9)7-14-12(17)15-8-11(16)13(2,3)4/h5-6,11,16H,7-8H2,1-4H3,(H2,14,15,17). The Labute approximate surface area is 112 Å². The van der Waals surface area contributed by atoms with Crippen LogP contribution in [0.4, 0.5) is 4.79 Å². The maximum Gasteiger partial charge on any atom is 0.315 e. The van der Waals surface area contributed by atoms with Gasteiger partial charge in [-0.2, -0.15) is 0 Å². The van der Waals surface area contributed by atoms with Crippen LogP contribution in [0.3, 0.4) is 0 Å². The van der Waals surface area contributed by atoms with Crippen molar-refractivity contribution in [3.8, 4) is 0 Å². The highest BCUT2D eigenvalue weighted by molar-refractivity contribution is 7.11. The van der Waals surface area contributed by atoms with E-state index in [0.717, 1.165) is 4.88 Å². The van der Waals surface area contributed by atoms with Gasteiger partial charge >= 0.3 is 6.03 Å². The molecule has 4 nitrogen and oxygen atoms in total. The molecule has 0 fully saturated rings. The Bertz CT molecular complexity index is 396. The summed E-state index contributed by atoms with van der Waals surface area (Å²) in [5.41, 5.74) is -0.224. The Kier molecular flexibility index (Phi) is 5.16. The SMILES string of the molecule is Cc1ccc(CNC(=O)NCC(O)C(C)(C)C)s1. The monoisotopic (exact) mass is 270 g/mol. The number of carbonyl (C=O) groups excluding carboxylic acids is 1. The highest BCUT2D eigenvalue weighted by atomic mass is 32.1. The van der Waals surface area contributed by atoms with Crippen LogP contribution in [0.1, 0.15) is 30.5 Å². The van der Waals surface area contributed by atoms with E-state index in [9.17, 15) is 9.90 Å². The van der Waals surface area contributed by atoms with Gasteiger partial charge in [0.2, 0.25) is 0 Å². The van der Waals surface area contributed by atoms with Crippen LogP contribution in [0, 0.1) is 12.3 Å². The number of aryl methyl sites for hydroxylation is 1. The van der Waals surface area contributed by atoms with Gasteiger partial charge in [-0.1, -0.05) is 20.8 Å². The molecule has 1 aromatic rings. The molecule has 0 aliphatic rings. The second-order valence-corrected chi connectivity index (χ2v) is 6.83. The molecule has 0 saturated heterocycles. The third kappa shape index (κ3) is 5.06. The third-order valence-corrected chi connectivity index (χ3v) is 3.68. The first-order valence-electron chi connectivity index (χ1n) is 6.04. The highest BCUT2D eigenvalue weighted by Gasteiger charge is 2.22. The van der Waals surface area contributed by atoms with E-state index >= 15 is 0 Å². The number of hydrogen-bond donors (Lipinski definition) is 3. The van der Waals surface area contributed by atoms with Gasteiger partial charge in [0.25, 0.3) is 0 Å². The molecule has 0 aliphatic carbocycles. The molecule has 1 unspecified atom stereocenters. The van der Waals surface area contributed by atoms with Crippen LogP contribution >= 0.6 is 11.3 Å². The summed E-state index contributed by atoms with van der Waals surface area (Å²) >= 11 is 1.67. The molecule has 1 aromatic heterocycles. The van der Waals surface area contributed by atoms with Crippen LogP contribution in [0.25, 0.3) is 0 Å². The summed E-state index contributed by atoms with van der Waals surface area (Å²) in [4.78, 5) is 13.9. The molecule has 1 heterocycles. The summed E-state index contributed by atoms with van der Waals surface area (Å²) in [5.74, 6) is 0. The van der Waals surface area contributed by atoms with Crippen LogP contribution in [-0.2, 0) is 6.54 Å². The van der Waals surface area contributed by atoms with Crippen molar-refractivity contribution in [1.82, 2.24) is 10.6 Å². The Morgan fingerprint density at radius 3 is 2.56 bits per heavy atom. The molecule has 3 N–H and O–H groups in total. The zero-order chi connectivity index (χ0) is 13.8. The normalized spacial score (nSPS) is 13.2. The molecule has 102 valence electrons. The largest absolute Gasteiger partial charge is 0.391 e. The maximum absolute atomic E-state index is 11.5. The smallest absolute Gasteiger partial charge is 0.315 e. The number of urea groups is 1. The fraction of sp³-hybridized carbons (Fsp3) is 0.615. The fourth-order valence-corrected chi connectivity index (χ4v) is 2.14. The van der Waals surface area contributed by atoms with Crippen molar-refractivity contribution in [2.24, 2.45) is 5.41 Å². The molecule has 5 heteroatoms. The summed E-state index contributed by atoms with van der Waals surface area (Å²) in [6.07, 6.45) is -0.549. The van der Waals surface area contributed by atoms with Crippen LogP contribution in [0.15, 0.2) is 12.1 Å². The minimum absolute atomic E-state index is 0.224. The van der Waals surface area contributed by atoms with Crippen molar-refractivity contribution in [2.75, 3.05) is 6.54 Å². The van der Waals surface area contributed by atoms with E-state index in [2.05, 4.69) is 10.6 Å². The van der Waals surface area contributed by atoms with Crippen molar-refractivity contribution >= 4 is 17.4 Å². The summed E-state index contributed by atoms with van der Waals surface area (Å²) in [7, 11) is 0. The molecule has 18 heavy (non-hydrogen) atoms. The van der Waals surface area contributed by atoms with E-state index in [1.165, 1.54) is 4.88 Å². The van der Waals surface area contributed by atoms with Gasteiger partial charge in [-0.15, -0.1) is 11.3 Å². The summed E-state index contributed by atoms with van der Waals surface area (Å²) in [6.45, 7) is 8.63. The Hall–Kier alpha value is -1.07. The number of rotatable bonds is 4. The minimum atomic E-state index is -0.549. The molecular formula is C13H22N2O2S. The first-order valence-corrected chi connectivity index (χ1v) is 6.86. The Balaban J connectivity index is 2.26. The lowest BCUT2D eigenvalue weighted by molar-refractivity contribution is 0.0650. The van der Waals surface area contributed by atoms with E-state index in [1.54, 1.807) is 11.3 Å². The molecule has 0 spiro atoms.